The molecule has 2 atom stereocenters. The highest BCUT2D eigenvalue weighted by Crippen LogP contribution is 2.24. The summed E-state index contributed by atoms with van der Waals surface area (Å²) < 4.78 is 0. The summed E-state index contributed by atoms with van der Waals surface area (Å²) in [5, 5.41) is 10.2. The van der Waals surface area contributed by atoms with Crippen LogP contribution in [0.5, 0.6) is 0 Å². The first-order valence-corrected chi connectivity index (χ1v) is 7.58. The Kier molecular flexibility index (Phi) is 5.41. The van der Waals surface area contributed by atoms with Gasteiger partial charge in [0.2, 0.25) is 0 Å². The van der Waals surface area contributed by atoms with E-state index in [0.29, 0.717) is 5.92 Å². The molecule has 106 valence electrons. The third-order valence-corrected chi connectivity index (χ3v) is 4.37. The van der Waals surface area contributed by atoms with Crippen LogP contribution in [0.2, 0.25) is 0 Å². The van der Waals surface area contributed by atoms with Crippen LogP contribution in [0.1, 0.15) is 43.2 Å². The van der Waals surface area contributed by atoms with Gasteiger partial charge < -0.3 is 10.0 Å². The van der Waals surface area contributed by atoms with Crippen LogP contribution >= 0.6 is 0 Å². The molecule has 2 heteroatoms. The Bertz CT molecular complexity index is 391. The molecule has 1 saturated carbocycles. The Hall–Kier alpha value is -0.860. The fourth-order valence-corrected chi connectivity index (χ4v) is 3.12. The van der Waals surface area contributed by atoms with Crippen LogP contribution in [0.15, 0.2) is 24.3 Å². The SMILES string of the molecule is Cc1ccccc1CN(C)CC1CCCCCC1O. The maximum absolute atomic E-state index is 10.2. The van der Waals surface area contributed by atoms with Gasteiger partial charge in [-0.25, -0.2) is 0 Å². The Morgan fingerprint density at radius 3 is 2.68 bits per heavy atom. The predicted octanol–water partition coefficient (Wildman–Crippen LogP) is 3.37. The van der Waals surface area contributed by atoms with Crippen LogP contribution in [0, 0.1) is 12.8 Å². The van der Waals surface area contributed by atoms with Crippen LogP contribution in [0.3, 0.4) is 0 Å². The van der Waals surface area contributed by atoms with Crippen molar-refractivity contribution in [3.8, 4) is 0 Å². The monoisotopic (exact) mass is 261 g/mol. The second-order valence-corrected chi connectivity index (χ2v) is 6.09. The summed E-state index contributed by atoms with van der Waals surface area (Å²) in [5.74, 6) is 0.455. The summed E-state index contributed by atoms with van der Waals surface area (Å²) in [6, 6.07) is 8.57. The lowest BCUT2D eigenvalue weighted by Crippen LogP contribution is -2.32. The topological polar surface area (TPSA) is 23.5 Å². The number of hydrogen-bond donors (Lipinski definition) is 1. The molecule has 19 heavy (non-hydrogen) atoms. The van der Waals surface area contributed by atoms with E-state index in [1.807, 2.05) is 0 Å². The predicted molar refractivity (Wildman–Crippen MR) is 80.1 cm³/mol. The van der Waals surface area contributed by atoms with Gasteiger partial charge in [-0.05, 0) is 43.9 Å². The fourth-order valence-electron chi connectivity index (χ4n) is 3.12. The van der Waals surface area contributed by atoms with Crippen molar-refractivity contribution in [1.82, 2.24) is 4.90 Å². The Labute approximate surface area is 117 Å². The zero-order valence-electron chi connectivity index (χ0n) is 12.3. The van der Waals surface area contributed by atoms with E-state index in [2.05, 4.69) is 43.1 Å². The zero-order chi connectivity index (χ0) is 13.7. The molecule has 0 aromatic heterocycles. The third kappa shape index (κ3) is 4.32. The minimum atomic E-state index is -0.0955. The van der Waals surface area contributed by atoms with E-state index in [9.17, 15) is 5.11 Å². The van der Waals surface area contributed by atoms with Gasteiger partial charge in [-0.15, -0.1) is 0 Å². The van der Waals surface area contributed by atoms with E-state index in [1.54, 1.807) is 0 Å². The minimum Gasteiger partial charge on any atom is -0.393 e. The number of aliphatic hydroxyl groups is 1. The number of rotatable bonds is 4. The van der Waals surface area contributed by atoms with Crippen molar-refractivity contribution in [2.45, 2.75) is 51.7 Å². The van der Waals surface area contributed by atoms with Crippen molar-refractivity contribution in [3.63, 3.8) is 0 Å². The maximum Gasteiger partial charge on any atom is 0.0580 e. The number of aliphatic hydroxyl groups excluding tert-OH is 1. The molecule has 0 amide bonds. The Morgan fingerprint density at radius 1 is 1.16 bits per heavy atom. The molecule has 0 saturated heterocycles. The maximum atomic E-state index is 10.2. The summed E-state index contributed by atoms with van der Waals surface area (Å²) in [7, 11) is 2.17. The number of hydrogen-bond acceptors (Lipinski definition) is 2. The van der Waals surface area contributed by atoms with Gasteiger partial charge in [0.05, 0.1) is 6.10 Å². The van der Waals surface area contributed by atoms with E-state index < -0.39 is 0 Å². The van der Waals surface area contributed by atoms with Crippen LogP contribution in [-0.4, -0.2) is 29.7 Å². The van der Waals surface area contributed by atoms with Gasteiger partial charge in [0.15, 0.2) is 0 Å². The third-order valence-electron chi connectivity index (χ3n) is 4.37. The largest absolute Gasteiger partial charge is 0.393 e. The summed E-state index contributed by atoms with van der Waals surface area (Å²) >= 11 is 0. The lowest BCUT2D eigenvalue weighted by Gasteiger charge is -2.26. The first-order chi connectivity index (χ1) is 9.16. The molecule has 1 aromatic carbocycles. The van der Waals surface area contributed by atoms with Crippen molar-refractivity contribution < 1.29 is 5.11 Å². The highest BCUT2D eigenvalue weighted by atomic mass is 16.3. The molecule has 1 fully saturated rings. The van der Waals surface area contributed by atoms with Crippen LogP contribution in [-0.2, 0) is 6.54 Å². The van der Waals surface area contributed by atoms with Crippen LogP contribution in [0.4, 0.5) is 0 Å². The number of benzene rings is 1. The second kappa shape index (κ2) is 7.06. The standard InChI is InChI=1S/C17H27NO/c1-14-8-6-7-9-15(14)12-18(2)13-16-10-4-3-5-11-17(16)19/h6-9,16-17,19H,3-5,10-13H2,1-2H3. The van der Waals surface area contributed by atoms with Crippen molar-refractivity contribution in [2.24, 2.45) is 5.92 Å². The van der Waals surface area contributed by atoms with E-state index in [0.717, 1.165) is 19.5 Å². The summed E-state index contributed by atoms with van der Waals surface area (Å²) in [6.07, 6.45) is 5.83. The summed E-state index contributed by atoms with van der Waals surface area (Å²) in [5.41, 5.74) is 2.75. The first kappa shape index (κ1) is 14.5. The lowest BCUT2D eigenvalue weighted by atomic mass is 9.96. The molecular formula is C17H27NO. The van der Waals surface area contributed by atoms with Gasteiger partial charge in [-0.2, -0.15) is 0 Å². The van der Waals surface area contributed by atoms with E-state index >= 15 is 0 Å². The van der Waals surface area contributed by atoms with E-state index in [-0.39, 0.29) is 6.10 Å². The van der Waals surface area contributed by atoms with E-state index in [4.69, 9.17) is 0 Å². The molecule has 0 radical (unpaired) electrons. The molecule has 0 heterocycles. The lowest BCUT2D eigenvalue weighted by molar-refractivity contribution is 0.0780. The minimum absolute atomic E-state index is 0.0955. The molecule has 1 N–H and O–H groups in total. The molecule has 1 aromatic rings. The Balaban J connectivity index is 1.89. The van der Waals surface area contributed by atoms with Gasteiger partial charge in [-0.1, -0.05) is 43.5 Å². The summed E-state index contributed by atoms with van der Waals surface area (Å²) in [6.45, 7) is 4.16. The van der Waals surface area contributed by atoms with Gasteiger partial charge in [0.1, 0.15) is 0 Å². The molecule has 2 unspecified atom stereocenters. The normalized spacial score (nSPS) is 24.4. The molecular weight excluding hydrogens is 234 g/mol. The van der Waals surface area contributed by atoms with Crippen molar-refractivity contribution in [2.75, 3.05) is 13.6 Å². The first-order valence-electron chi connectivity index (χ1n) is 7.58. The number of aryl methyl sites for hydroxylation is 1. The molecule has 1 aliphatic carbocycles. The van der Waals surface area contributed by atoms with Gasteiger partial charge in [0, 0.05) is 13.1 Å². The smallest absolute Gasteiger partial charge is 0.0580 e. The fraction of sp³-hybridized carbons (Fsp3) is 0.647. The van der Waals surface area contributed by atoms with Crippen molar-refractivity contribution in [3.05, 3.63) is 35.4 Å². The molecule has 2 nitrogen and oxygen atoms in total. The zero-order valence-corrected chi connectivity index (χ0v) is 12.3. The van der Waals surface area contributed by atoms with Crippen LogP contribution < -0.4 is 0 Å². The Morgan fingerprint density at radius 2 is 1.89 bits per heavy atom. The van der Waals surface area contributed by atoms with Gasteiger partial charge in [-0.3, -0.25) is 0 Å². The average Bonchev–Trinajstić information content (AvgIpc) is 2.58. The molecule has 0 aliphatic heterocycles. The second-order valence-electron chi connectivity index (χ2n) is 6.09. The van der Waals surface area contributed by atoms with Crippen LogP contribution in [0.25, 0.3) is 0 Å². The highest BCUT2D eigenvalue weighted by Gasteiger charge is 2.22. The van der Waals surface area contributed by atoms with E-state index in [1.165, 1.54) is 36.8 Å². The summed E-state index contributed by atoms with van der Waals surface area (Å²) in [4.78, 5) is 2.36. The van der Waals surface area contributed by atoms with Gasteiger partial charge in [0.25, 0.3) is 0 Å². The van der Waals surface area contributed by atoms with Gasteiger partial charge >= 0.3 is 0 Å². The van der Waals surface area contributed by atoms with Crippen molar-refractivity contribution >= 4 is 0 Å². The quantitative estimate of drug-likeness (QED) is 0.840. The number of nitrogens with zero attached hydrogens (tertiary/aromatic N) is 1. The molecule has 0 spiro atoms. The average molecular weight is 261 g/mol. The molecule has 2 rings (SSSR count). The highest BCUT2D eigenvalue weighted by molar-refractivity contribution is 5.25. The van der Waals surface area contributed by atoms with Crippen molar-refractivity contribution in [1.29, 1.82) is 0 Å². The molecule has 0 bridgehead atoms. The molecule has 1 aliphatic rings.